The van der Waals surface area contributed by atoms with Gasteiger partial charge in [-0.3, -0.25) is 4.99 Å². The van der Waals surface area contributed by atoms with Crippen molar-refractivity contribution >= 4 is 22.6 Å². The highest BCUT2D eigenvalue weighted by Crippen LogP contribution is 2.23. The zero-order valence-electron chi connectivity index (χ0n) is 11.8. The van der Waals surface area contributed by atoms with E-state index in [-0.39, 0.29) is 6.10 Å². The van der Waals surface area contributed by atoms with Crippen molar-refractivity contribution in [1.29, 1.82) is 0 Å². The molecule has 1 aliphatic rings. The Morgan fingerprint density at radius 2 is 2.37 bits per heavy atom. The molecule has 2 atom stereocenters. The third-order valence-corrected chi connectivity index (χ3v) is 4.29. The number of nitrogens with one attached hydrogen (secondary N) is 1. The van der Waals surface area contributed by atoms with E-state index in [0.29, 0.717) is 5.92 Å². The number of rotatable bonds is 4. The topological polar surface area (TPSA) is 33.6 Å². The van der Waals surface area contributed by atoms with Crippen molar-refractivity contribution in [2.75, 3.05) is 17.6 Å². The van der Waals surface area contributed by atoms with Gasteiger partial charge in [-0.15, -0.1) is 0 Å². The van der Waals surface area contributed by atoms with E-state index in [1.165, 1.54) is 0 Å². The molecule has 0 fully saturated rings. The Hall–Kier alpha value is -1.16. The molecule has 4 heteroatoms. The molecular formula is C15H22N2OS. The van der Waals surface area contributed by atoms with E-state index in [9.17, 15) is 0 Å². The summed E-state index contributed by atoms with van der Waals surface area (Å²) in [7, 11) is 0. The maximum atomic E-state index is 5.82. The van der Waals surface area contributed by atoms with Gasteiger partial charge in [0.2, 0.25) is 0 Å². The van der Waals surface area contributed by atoms with E-state index < -0.39 is 0 Å². The summed E-state index contributed by atoms with van der Waals surface area (Å²) in [4.78, 5) is 4.54. The van der Waals surface area contributed by atoms with E-state index in [0.717, 1.165) is 35.3 Å². The van der Waals surface area contributed by atoms with E-state index in [1.54, 1.807) is 11.8 Å². The van der Waals surface area contributed by atoms with E-state index in [4.69, 9.17) is 4.74 Å². The normalized spacial score (nSPS) is 20.6. The first-order chi connectivity index (χ1) is 9.17. The summed E-state index contributed by atoms with van der Waals surface area (Å²) in [5, 5.41) is 4.38. The van der Waals surface area contributed by atoms with Gasteiger partial charge in [0.05, 0.1) is 6.10 Å². The standard InChI is InChI=1S/C15H22N2OS/c1-4-12(3)18-14-7-5-6-13(8-14)17-15-16-9-11(2)10-19-15/h5-8,11-12H,4,9-10H2,1-3H3,(H,16,17). The zero-order chi connectivity index (χ0) is 13.7. The molecule has 0 amide bonds. The Balaban J connectivity index is 1.99. The molecule has 0 spiro atoms. The smallest absolute Gasteiger partial charge is 0.161 e. The van der Waals surface area contributed by atoms with E-state index >= 15 is 0 Å². The van der Waals surface area contributed by atoms with Crippen molar-refractivity contribution in [1.82, 2.24) is 0 Å². The van der Waals surface area contributed by atoms with Crippen molar-refractivity contribution in [3.05, 3.63) is 24.3 Å². The number of amidine groups is 1. The lowest BCUT2D eigenvalue weighted by Gasteiger charge is -2.18. The van der Waals surface area contributed by atoms with Crippen LogP contribution in [0.25, 0.3) is 0 Å². The molecule has 0 aliphatic carbocycles. The molecule has 3 nitrogen and oxygen atoms in total. The summed E-state index contributed by atoms with van der Waals surface area (Å²) >= 11 is 1.79. The lowest BCUT2D eigenvalue weighted by Crippen LogP contribution is -2.18. The predicted octanol–water partition coefficient (Wildman–Crippen LogP) is 4.01. The fourth-order valence-electron chi connectivity index (χ4n) is 1.72. The van der Waals surface area contributed by atoms with Gasteiger partial charge in [0.1, 0.15) is 5.75 Å². The van der Waals surface area contributed by atoms with Gasteiger partial charge < -0.3 is 10.1 Å². The summed E-state index contributed by atoms with van der Waals surface area (Å²) in [5.74, 6) is 2.72. The highest BCUT2D eigenvalue weighted by molar-refractivity contribution is 8.14. The van der Waals surface area contributed by atoms with Crippen LogP contribution in [0.4, 0.5) is 5.69 Å². The molecule has 1 aliphatic heterocycles. The molecule has 19 heavy (non-hydrogen) atoms. The molecule has 1 aromatic carbocycles. The molecule has 2 unspecified atom stereocenters. The number of ether oxygens (including phenoxy) is 1. The van der Waals surface area contributed by atoms with Crippen molar-refractivity contribution in [3.63, 3.8) is 0 Å². The summed E-state index contributed by atoms with van der Waals surface area (Å²) in [6.45, 7) is 7.36. The van der Waals surface area contributed by atoms with Gasteiger partial charge in [-0.2, -0.15) is 0 Å². The Bertz CT molecular complexity index is 448. The van der Waals surface area contributed by atoms with Crippen molar-refractivity contribution in [2.24, 2.45) is 10.9 Å². The quantitative estimate of drug-likeness (QED) is 0.903. The average Bonchev–Trinajstić information content (AvgIpc) is 2.42. The van der Waals surface area contributed by atoms with Gasteiger partial charge in [-0.25, -0.2) is 0 Å². The zero-order valence-corrected chi connectivity index (χ0v) is 12.7. The molecule has 0 saturated heterocycles. The van der Waals surface area contributed by atoms with Gasteiger partial charge in [-0.05, 0) is 31.4 Å². The first-order valence-electron chi connectivity index (χ1n) is 6.88. The number of nitrogens with zero attached hydrogens (tertiary/aromatic N) is 1. The van der Waals surface area contributed by atoms with Crippen molar-refractivity contribution in [2.45, 2.75) is 33.3 Å². The average molecular weight is 278 g/mol. The van der Waals surface area contributed by atoms with Crippen LogP contribution in [0, 0.1) is 5.92 Å². The fraction of sp³-hybridized carbons (Fsp3) is 0.533. The number of thioether (sulfide) groups is 1. The number of benzene rings is 1. The number of hydrogen-bond acceptors (Lipinski definition) is 4. The predicted molar refractivity (Wildman–Crippen MR) is 84.4 cm³/mol. The van der Waals surface area contributed by atoms with Crippen LogP contribution >= 0.6 is 11.8 Å². The monoisotopic (exact) mass is 278 g/mol. The Morgan fingerprint density at radius 3 is 3.05 bits per heavy atom. The minimum atomic E-state index is 0.248. The Morgan fingerprint density at radius 1 is 1.53 bits per heavy atom. The number of aliphatic imine (C=N–C) groups is 1. The minimum Gasteiger partial charge on any atom is -0.491 e. The molecule has 0 saturated carbocycles. The Labute approximate surface area is 119 Å². The molecule has 1 heterocycles. The third-order valence-electron chi connectivity index (χ3n) is 3.05. The first-order valence-corrected chi connectivity index (χ1v) is 7.87. The summed E-state index contributed by atoms with van der Waals surface area (Å²) in [6.07, 6.45) is 1.26. The Kier molecular flexibility index (Phi) is 5.14. The highest BCUT2D eigenvalue weighted by atomic mass is 32.2. The van der Waals surface area contributed by atoms with Crippen LogP contribution in [-0.4, -0.2) is 23.6 Å². The molecule has 104 valence electrons. The largest absolute Gasteiger partial charge is 0.491 e. The second kappa shape index (κ2) is 6.85. The van der Waals surface area contributed by atoms with Gasteiger partial charge in [0.15, 0.2) is 5.17 Å². The van der Waals surface area contributed by atoms with Crippen LogP contribution in [0.15, 0.2) is 29.3 Å². The van der Waals surface area contributed by atoms with Crippen molar-refractivity contribution < 1.29 is 4.74 Å². The van der Waals surface area contributed by atoms with Crippen LogP contribution in [0.5, 0.6) is 5.75 Å². The third kappa shape index (κ3) is 4.46. The summed E-state index contributed by atoms with van der Waals surface area (Å²) < 4.78 is 5.82. The second-order valence-electron chi connectivity index (χ2n) is 5.05. The van der Waals surface area contributed by atoms with E-state index in [2.05, 4.69) is 31.1 Å². The maximum Gasteiger partial charge on any atom is 0.161 e. The van der Waals surface area contributed by atoms with Gasteiger partial charge in [0, 0.05) is 24.1 Å². The number of hydrogen-bond donors (Lipinski definition) is 1. The van der Waals surface area contributed by atoms with Gasteiger partial charge in [-0.1, -0.05) is 31.7 Å². The second-order valence-corrected chi connectivity index (χ2v) is 6.06. The van der Waals surface area contributed by atoms with Crippen LogP contribution < -0.4 is 10.1 Å². The van der Waals surface area contributed by atoms with Gasteiger partial charge >= 0.3 is 0 Å². The highest BCUT2D eigenvalue weighted by Gasteiger charge is 2.12. The summed E-state index contributed by atoms with van der Waals surface area (Å²) in [5.41, 5.74) is 1.04. The lowest BCUT2D eigenvalue weighted by molar-refractivity contribution is 0.217. The van der Waals surface area contributed by atoms with Crippen LogP contribution in [-0.2, 0) is 0 Å². The molecule has 1 N–H and O–H groups in total. The summed E-state index contributed by atoms with van der Waals surface area (Å²) in [6, 6.07) is 8.09. The number of anilines is 1. The molecular weight excluding hydrogens is 256 g/mol. The first kappa shape index (κ1) is 14.3. The van der Waals surface area contributed by atoms with E-state index in [1.807, 2.05) is 24.3 Å². The van der Waals surface area contributed by atoms with Crippen LogP contribution in [0.2, 0.25) is 0 Å². The molecule has 1 aromatic rings. The minimum absolute atomic E-state index is 0.248. The van der Waals surface area contributed by atoms with Crippen LogP contribution in [0.1, 0.15) is 27.2 Å². The molecule has 0 aromatic heterocycles. The maximum absolute atomic E-state index is 5.82. The SMILES string of the molecule is CCC(C)Oc1cccc(NC2=NCC(C)CS2)c1. The molecule has 2 rings (SSSR count). The molecule has 0 bridgehead atoms. The van der Waals surface area contributed by atoms with Gasteiger partial charge in [0.25, 0.3) is 0 Å². The lowest BCUT2D eigenvalue weighted by atomic mass is 10.2. The molecule has 0 radical (unpaired) electrons. The van der Waals surface area contributed by atoms with Crippen LogP contribution in [0.3, 0.4) is 0 Å². The van der Waals surface area contributed by atoms with Crippen molar-refractivity contribution in [3.8, 4) is 5.75 Å². The fourth-order valence-corrected chi connectivity index (χ4v) is 2.62.